The molecule has 0 aliphatic carbocycles. The van der Waals surface area contributed by atoms with Gasteiger partial charge in [-0.25, -0.2) is 19.2 Å². The summed E-state index contributed by atoms with van der Waals surface area (Å²) in [6.45, 7) is 0. The van der Waals surface area contributed by atoms with Gasteiger partial charge in [0, 0.05) is 21.1 Å². The first kappa shape index (κ1) is 18.8. The van der Waals surface area contributed by atoms with E-state index in [2.05, 4.69) is 10.1 Å². The van der Waals surface area contributed by atoms with Gasteiger partial charge in [-0.2, -0.15) is 0 Å². The van der Waals surface area contributed by atoms with Crippen molar-refractivity contribution in [3.8, 4) is 0 Å². The van der Waals surface area contributed by atoms with Crippen molar-refractivity contribution in [2.24, 2.45) is 14.1 Å². The van der Waals surface area contributed by atoms with Gasteiger partial charge in [-0.05, 0) is 6.07 Å². The van der Waals surface area contributed by atoms with Gasteiger partial charge in [-0.15, -0.1) is 0 Å². The number of aryl methyl sites for hydroxylation is 1. The van der Waals surface area contributed by atoms with Gasteiger partial charge < -0.3 is 14.5 Å². The molecule has 12 heteroatoms. The van der Waals surface area contributed by atoms with Crippen LogP contribution in [-0.4, -0.2) is 46.1 Å². The zero-order valence-electron chi connectivity index (χ0n) is 15.2. The third-order valence-corrected chi connectivity index (χ3v) is 4.31. The van der Waals surface area contributed by atoms with Crippen molar-refractivity contribution in [3.05, 3.63) is 48.6 Å². The lowest BCUT2D eigenvalue weighted by atomic mass is 10.0. The Morgan fingerprint density at radius 1 is 1.07 bits per heavy atom. The molecule has 2 aromatic rings. The van der Waals surface area contributed by atoms with E-state index in [0.29, 0.717) is 4.90 Å². The van der Waals surface area contributed by atoms with Gasteiger partial charge in [-0.3, -0.25) is 23.6 Å². The van der Waals surface area contributed by atoms with Crippen LogP contribution < -0.4 is 22.2 Å². The van der Waals surface area contributed by atoms with Crippen LogP contribution in [0.2, 0.25) is 0 Å². The molecule has 3 amide bonds. The lowest BCUT2D eigenvalue weighted by Crippen LogP contribution is -2.37. The van der Waals surface area contributed by atoms with Gasteiger partial charge in [-0.1, -0.05) is 0 Å². The Morgan fingerprint density at radius 2 is 1.71 bits per heavy atom. The number of rotatable bonds is 2. The second-order valence-electron chi connectivity index (χ2n) is 5.91. The molecule has 2 aromatic heterocycles. The van der Waals surface area contributed by atoms with Crippen LogP contribution in [0.1, 0.15) is 5.56 Å². The summed E-state index contributed by atoms with van der Waals surface area (Å²) in [5.74, 6) is -1.98. The van der Waals surface area contributed by atoms with Crippen molar-refractivity contribution in [2.45, 2.75) is 0 Å². The molecule has 0 unspecified atom stereocenters. The standard InChI is InChI=1S/C16H14N4O8/c1-18-11(22)9(17-15(18)25)8(14(24)27-4)6-5-7-10(21)19(2)16(26)20(3)12(7)28-13(6)23/h5H,1-4H3,(H,17,25)/b9-8+. The van der Waals surface area contributed by atoms with Crippen LogP contribution in [0.25, 0.3) is 16.7 Å². The molecule has 12 nitrogen and oxygen atoms in total. The summed E-state index contributed by atoms with van der Waals surface area (Å²) in [6, 6.07) is 0.199. The monoisotopic (exact) mass is 390 g/mol. The zero-order chi connectivity index (χ0) is 20.9. The number of methoxy groups -OCH3 is 1. The van der Waals surface area contributed by atoms with Gasteiger partial charge >= 0.3 is 23.3 Å². The quantitative estimate of drug-likeness (QED) is 0.361. The molecule has 1 N–H and O–H groups in total. The lowest BCUT2D eigenvalue weighted by Gasteiger charge is -2.10. The first-order chi connectivity index (χ1) is 13.1. The number of likely N-dealkylation sites (N-methyl/N-ethyl adjacent to an activating group) is 1. The van der Waals surface area contributed by atoms with Crippen molar-refractivity contribution in [2.75, 3.05) is 14.2 Å². The van der Waals surface area contributed by atoms with Gasteiger partial charge in [0.2, 0.25) is 5.71 Å². The van der Waals surface area contributed by atoms with E-state index >= 15 is 0 Å². The van der Waals surface area contributed by atoms with Gasteiger partial charge in [0.15, 0.2) is 0 Å². The van der Waals surface area contributed by atoms with E-state index in [-0.39, 0.29) is 11.1 Å². The smallest absolute Gasteiger partial charge is 0.345 e. The van der Waals surface area contributed by atoms with Crippen LogP contribution in [0.4, 0.5) is 4.79 Å². The molecule has 1 fully saturated rings. The normalized spacial score (nSPS) is 15.8. The van der Waals surface area contributed by atoms with Crippen LogP contribution in [0.3, 0.4) is 0 Å². The van der Waals surface area contributed by atoms with Crippen molar-refractivity contribution in [1.29, 1.82) is 0 Å². The first-order valence-corrected chi connectivity index (χ1v) is 7.76. The number of nitrogens with zero attached hydrogens (tertiary/aromatic N) is 3. The van der Waals surface area contributed by atoms with Gasteiger partial charge in [0.25, 0.3) is 11.5 Å². The molecule has 0 aromatic carbocycles. The Hall–Kier alpha value is -3.96. The maximum absolute atomic E-state index is 12.5. The average molecular weight is 390 g/mol. The summed E-state index contributed by atoms with van der Waals surface area (Å²) in [5, 5.41) is 2.00. The summed E-state index contributed by atoms with van der Waals surface area (Å²) >= 11 is 0. The highest BCUT2D eigenvalue weighted by atomic mass is 16.5. The third kappa shape index (κ3) is 2.53. The van der Waals surface area contributed by atoms with Crippen LogP contribution in [0.15, 0.2) is 30.6 Å². The van der Waals surface area contributed by atoms with Crippen molar-refractivity contribution < 1.29 is 23.5 Å². The number of ether oxygens (including phenoxy) is 1. The molecule has 146 valence electrons. The molecule has 0 spiro atoms. The molecule has 0 radical (unpaired) electrons. The zero-order valence-corrected chi connectivity index (χ0v) is 15.2. The van der Waals surface area contributed by atoms with E-state index in [9.17, 15) is 28.8 Å². The molecule has 0 saturated carbocycles. The number of fused-ring (bicyclic) bond motifs is 1. The van der Waals surface area contributed by atoms with Crippen LogP contribution >= 0.6 is 0 Å². The minimum absolute atomic E-state index is 0.189. The number of amides is 3. The van der Waals surface area contributed by atoms with Crippen molar-refractivity contribution >= 4 is 34.6 Å². The number of carbonyl (C=O) groups excluding carboxylic acids is 3. The van der Waals surface area contributed by atoms with E-state index in [0.717, 1.165) is 22.3 Å². The molecule has 3 heterocycles. The topological polar surface area (TPSA) is 150 Å². The van der Waals surface area contributed by atoms with Gasteiger partial charge in [0.1, 0.15) is 16.7 Å². The third-order valence-electron chi connectivity index (χ3n) is 4.31. The number of aromatic nitrogens is 2. The summed E-state index contributed by atoms with van der Waals surface area (Å²) in [7, 11) is 4.71. The molecular weight excluding hydrogens is 376 g/mol. The Kier molecular flexibility index (Phi) is 4.26. The van der Waals surface area contributed by atoms with Crippen molar-refractivity contribution in [3.63, 3.8) is 0 Å². The summed E-state index contributed by atoms with van der Waals surface area (Å²) in [4.78, 5) is 73.9. The predicted octanol–water partition coefficient (Wildman–Crippen LogP) is -1.74. The largest absolute Gasteiger partial charge is 0.465 e. The number of imide groups is 1. The fourth-order valence-electron chi connectivity index (χ4n) is 2.74. The second kappa shape index (κ2) is 6.33. The highest BCUT2D eigenvalue weighted by molar-refractivity contribution is 6.27. The SMILES string of the molecule is COC(=O)/C(=C1/NC(=O)N(C)C1=O)c1cc2c(=O)n(C)c(=O)n(C)c2oc1=O. The van der Waals surface area contributed by atoms with E-state index in [1.54, 1.807) is 0 Å². The maximum atomic E-state index is 12.5. The lowest BCUT2D eigenvalue weighted by molar-refractivity contribution is -0.134. The average Bonchev–Trinajstić information content (AvgIpc) is 2.92. The van der Waals surface area contributed by atoms with E-state index in [1.807, 2.05) is 0 Å². The second-order valence-corrected chi connectivity index (χ2v) is 5.91. The van der Waals surface area contributed by atoms with E-state index in [4.69, 9.17) is 4.42 Å². The van der Waals surface area contributed by atoms with E-state index < -0.39 is 51.6 Å². The Labute approximate surface area is 155 Å². The van der Waals surface area contributed by atoms with Crippen LogP contribution in [0.5, 0.6) is 0 Å². The number of carbonyl (C=O) groups is 3. The number of urea groups is 1. The Morgan fingerprint density at radius 3 is 2.25 bits per heavy atom. The highest BCUT2D eigenvalue weighted by Gasteiger charge is 2.37. The molecule has 0 atom stereocenters. The predicted molar refractivity (Wildman–Crippen MR) is 93.2 cm³/mol. The molecule has 3 rings (SSSR count). The highest BCUT2D eigenvalue weighted by Crippen LogP contribution is 2.23. The minimum atomic E-state index is -1.11. The molecule has 0 bridgehead atoms. The fourth-order valence-corrected chi connectivity index (χ4v) is 2.74. The molecule has 1 aliphatic rings. The Balaban J connectivity index is 2.45. The number of hydrogen-bond acceptors (Lipinski definition) is 8. The molecular formula is C16H14N4O8. The van der Waals surface area contributed by atoms with E-state index in [1.165, 1.54) is 21.1 Å². The number of esters is 1. The summed E-state index contributed by atoms with van der Waals surface area (Å²) in [6.07, 6.45) is 0. The van der Waals surface area contributed by atoms with Gasteiger partial charge in [0.05, 0.1) is 12.7 Å². The number of nitrogens with one attached hydrogen (secondary N) is 1. The van der Waals surface area contributed by atoms with Crippen molar-refractivity contribution in [1.82, 2.24) is 19.4 Å². The molecule has 1 saturated heterocycles. The summed E-state index contributed by atoms with van der Waals surface area (Å²) in [5.41, 5.74) is -4.47. The fraction of sp³-hybridized carbons (Fsp3) is 0.250. The molecule has 28 heavy (non-hydrogen) atoms. The summed E-state index contributed by atoms with van der Waals surface area (Å²) < 4.78 is 11.4. The van der Waals surface area contributed by atoms with Crippen LogP contribution in [-0.2, 0) is 28.4 Å². The van der Waals surface area contributed by atoms with Crippen LogP contribution in [0, 0.1) is 0 Å². The first-order valence-electron chi connectivity index (χ1n) is 7.76. The minimum Gasteiger partial charge on any atom is -0.465 e. The Bertz CT molecular complexity index is 1280. The maximum Gasteiger partial charge on any atom is 0.345 e. The number of hydrogen-bond donors (Lipinski definition) is 1. The molecule has 1 aliphatic heterocycles.